The molecule has 0 spiro atoms. The Morgan fingerprint density at radius 1 is 1.04 bits per heavy atom. The van der Waals surface area contributed by atoms with Crippen molar-refractivity contribution in [3.8, 4) is 11.5 Å². The second kappa shape index (κ2) is 7.90. The molecular weight excluding hydrogens is 362 g/mol. The summed E-state index contributed by atoms with van der Waals surface area (Å²) in [6, 6.07) is 11.5. The number of hydrogen-bond donors (Lipinski definition) is 1. The lowest BCUT2D eigenvalue weighted by atomic mass is 9.99. The van der Waals surface area contributed by atoms with E-state index in [0.29, 0.717) is 22.9 Å². The molecule has 146 valence electrons. The third-order valence-corrected chi connectivity index (χ3v) is 6.07. The summed E-state index contributed by atoms with van der Waals surface area (Å²) in [6.07, 6.45) is 3.97. The summed E-state index contributed by atoms with van der Waals surface area (Å²) in [5.74, 6) is 1.30. The normalized spacial score (nSPS) is 14.3. The molecule has 3 rings (SSSR count). The second-order valence-electron chi connectivity index (χ2n) is 6.92. The Bertz CT molecular complexity index is 924. The SMILES string of the molecule is CCCc1cc(CCC)c2c(c1)N(C(CC)S(=O)(=O)O)c1ccccc1O2. The van der Waals surface area contributed by atoms with Gasteiger partial charge in [0.05, 0.1) is 11.4 Å². The third kappa shape index (κ3) is 3.82. The number of rotatable bonds is 7. The van der Waals surface area contributed by atoms with Gasteiger partial charge in [0.25, 0.3) is 10.1 Å². The van der Waals surface area contributed by atoms with Crippen molar-refractivity contribution in [2.75, 3.05) is 4.90 Å². The monoisotopic (exact) mass is 389 g/mol. The van der Waals surface area contributed by atoms with Crippen LogP contribution in [0.5, 0.6) is 11.5 Å². The van der Waals surface area contributed by atoms with Gasteiger partial charge in [-0.05, 0) is 48.6 Å². The summed E-state index contributed by atoms with van der Waals surface area (Å²) in [7, 11) is -4.28. The molecule has 0 radical (unpaired) electrons. The van der Waals surface area contributed by atoms with Crippen molar-refractivity contribution in [3.63, 3.8) is 0 Å². The fourth-order valence-corrected chi connectivity index (χ4v) is 4.66. The molecule has 5 nitrogen and oxygen atoms in total. The number of anilines is 2. The standard InChI is InChI=1S/C21H27NO4S/c1-4-9-15-13-16(10-5-2)21-18(14-15)22(20(6-3)27(23,24)25)17-11-7-8-12-19(17)26-21/h7-8,11-14,20H,4-6,9-10H2,1-3H3,(H,23,24,25). The van der Waals surface area contributed by atoms with Gasteiger partial charge in [-0.25, -0.2) is 0 Å². The molecule has 2 aromatic carbocycles. The van der Waals surface area contributed by atoms with Crippen molar-refractivity contribution in [2.45, 2.75) is 58.2 Å². The van der Waals surface area contributed by atoms with Crippen LogP contribution in [0.1, 0.15) is 51.2 Å². The van der Waals surface area contributed by atoms with Crippen LogP contribution in [0.15, 0.2) is 36.4 Å². The average molecular weight is 390 g/mol. The van der Waals surface area contributed by atoms with Gasteiger partial charge in [0.2, 0.25) is 0 Å². The molecule has 0 amide bonds. The first-order valence-electron chi connectivity index (χ1n) is 9.58. The van der Waals surface area contributed by atoms with E-state index in [1.807, 2.05) is 30.3 Å². The number of fused-ring (bicyclic) bond motifs is 2. The molecule has 1 aliphatic rings. The smallest absolute Gasteiger partial charge is 0.286 e. The number of para-hydroxylation sites is 2. The van der Waals surface area contributed by atoms with E-state index in [9.17, 15) is 13.0 Å². The minimum Gasteiger partial charge on any atom is -0.453 e. The van der Waals surface area contributed by atoms with Gasteiger partial charge in [-0.1, -0.05) is 51.8 Å². The van der Waals surface area contributed by atoms with E-state index in [1.165, 1.54) is 0 Å². The maximum absolute atomic E-state index is 12.2. The first-order chi connectivity index (χ1) is 12.9. The molecule has 2 aromatic rings. The highest BCUT2D eigenvalue weighted by Gasteiger charge is 2.36. The molecule has 27 heavy (non-hydrogen) atoms. The lowest BCUT2D eigenvalue weighted by molar-refractivity contribution is 0.448. The van der Waals surface area contributed by atoms with Crippen molar-refractivity contribution in [2.24, 2.45) is 0 Å². The predicted molar refractivity (Wildman–Crippen MR) is 109 cm³/mol. The highest BCUT2D eigenvalue weighted by molar-refractivity contribution is 7.86. The van der Waals surface area contributed by atoms with Crippen LogP contribution in [0.2, 0.25) is 0 Å². The molecule has 1 aliphatic heterocycles. The van der Waals surface area contributed by atoms with E-state index in [1.54, 1.807) is 11.8 Å². The van der Waals surface area contributed by atoms with Crippen molar-refractivity contribution < 1.29 is 17.7 Å². The van der Waals surface area contributed by atoms with Crippen molar-refractivity contribution in [1.82, 2.24) is 0 Å². The lowest BCUT2D eigenvalue weighted by Crippen LogP contribution is -2.39. The molecule has 1 N–H and O–H groups in total. The van der Waals surface area contributed by atoms with Crippen LogP contribution >= 0.6 is 0 Å². The van der Waals surface area contributed by atoms with Crippen molar-refractivity contribution in [1.29, 1.82) is 0 Å². The van der Waals surface area contributed by atoms with Crippen LogP contribution in [0.4, 0.5) is 11.4 Å². The van der Waals surface area contributed by atoms with Crippen LogP contribution < -0.4 is 9.64 Å². The molecule has 1 heterocycles. The zero-order valence-electron chi connectivity index (χ0n) is 16.1. The van der Waals surface area contributed by atoms with Gasteiger partial charge in [0, 0.05) is 0 Å². The van der Waals surface area contributed by atoms with E-state index in [0.717, 1.165) is 36.8 Å². The summed E-state index contributed by atoms with van der Waals surface area (Å²) in [5, 5.41) is -1.06. The van der Waals surface area contributed by atoms with Gasteiger partial charge >= 0.3 is 0 Å². The highest BCUT2D eigenvalue weighted by Crippen LogP contribution is 2.50. The van der Waals surface area contributed by atoms with Gasteiger partial charge in [-0.3, -0.25) is 4.55 Å². The Morgan fingerprint density at radius 2 is 1.74 bits per heavy atom. The maximum Gasteiger partial charge on any atom is 0.286 e. The highest BCUT2D eigenvalue weighted by atomic mass is 32.2. The molecule has 0 bridgehead atoms. The number of aryl methyl sites for hydroxylation is 2. The van der Waals surface area contributed by atoms with E-state index in [2.05, 4.69) is 19.9 Å². The molecule has 0 saturated heterocycles. The molecule has 6 heteroatoms. The number of benzene rings is 2. The molecule has 0 aromatic heterocycles. The fourth-order valence-electron chi connectivity index (χ4n) is 3.74. The fraction of sp³-hybridized carbons (Fsp3) is 0.429. The van der Waals surface area contributed by atoms with E-state index >= 15 is 0 Å². The topological polar surface area (TPSA) is 66.8 Å². The molecule has 0 aliphatic carbocycles. The summed E-state index contributed by atoms with van der Waals surface area (Å²) in [5.41, 5.74) is 3.60. The van der Waals surface area contributed by atoms with Crippen LogP contribution in [0, 0.1) is 0 Å². The van der Waals surface area contributed by atoms with Gasteiger partial charge in [-0.15, -0.1) is 0 Å². The van der Waals surface area contributed by atoms with Crippen molar-refractivity contribution >= 4 is 21.5 Å². The minimum absolute atomic E-state index is 0.258. The Kier molecular flexibility index (Phi) is 5.77. The van der Waals surface area contributed by atoms with E-state index in [4.69, 9.17) is 4.74 Å². The lowest BCUT2D eigenvalue weighted by Gasteiger charge is -2.37. The van der Waals surface area contributed by atoms with Crippen LogP contribution in [0.25, 0.3) is 0 Å². The Labute approximate surface area is 161 Å². The van der Waals surface area contributed by atoms with Gasteiger partial charge < -0.3 is 9.64 Å². The zero-order chi connectivity index (χ0) is 19.6. The maximum atomic E-state index is 12.2. The van der Waals surface area contributed by atoms with Crippen LogP contribution in [-0.2, 0) is 23.0 Å². The number of nitrogens with zero attached hydrogens (tertiary/aromatic N) is 1. The largest absolute Gasteiger partial charge is 0.453 e. The Hall–Kier alpha value is -2.05. The van der Waals surface area contributed by atoms with E-state index < -0.39 is 15.5 Å². The van der Waals surface area contributed by atoms with Gasteiger partial charge in [0.1, 0.15) is 0 Å². The average Bonchev–Trinajstić information content (AvgIpc) is 2.62. The molecule has 0 saturated carbocycles. The van der Waals surface area contributed by atoms with Crippen molar-refractivity contribution in [3.05, 3.63) is 47.5 Å². The van der Waals surface area contributed by atoms with Gasteiger partial charge in [0.15, 0.2) is 16.9 Å². The third-order valence-electron chi connectivity index (χ3n) is 4.84. The summed E-state index contributed by atoms with van der Waals surface area (Å²) >= 11 is 0. The predicted octanol–water partition coefficient (Wildman–Crippen LogP) is 5.46. The molecule has 0 fully saturated rings. The second-order valence-corrected chi connectivity index (χ2v) is 8.49. The van der Waals surface area contributed by atoms with E-state index in [-0.39, 0.29) is 6.42 Å². The first-order valence-corrected chi connectivity index (χ1v) is 11.1. The molecule has 1 atom stereocenters. The van der Waals surface area contributed by atoms with Gasteiger partial charge in [-0.2, -0.15) is 8.42 Å². The summed E-state index contributed by atoms with van der Waals surface area (Å²) < 4.78 is 40.5. The minimum atomic E-state index is -4.28. The Balaban J connectivity index is 2.28. The summed E-state index contributed by atoms with van der Waals surface area (Å²) in [4.78, 5) is 1.72. The zero-order valence-corrected chi connectivity index (χ0v) is 16.9. The summed E-state index contributed by atoms with van der Waals surface area (Å²) in [6.45, 7) is 6.00. The molecular formula is C21H27NO4S. The van der Waals surface area contributed by atoms with Crippen LogP contribution in [0.3, 0.4) is 0 Å². The van der Waals surface area contributed by atoms with Crippen LogP contribution in [-0.4, -0.2) is 18.3 Å². The first kappa shape index (κ1) is 19.7. The quantitative estimate of drug-likeness (QED) is 0.637. The molecule has 1 unspecified atom stereocenters. The Morgan fingerprint density at radius 3 is 2.37 bits per heavy atom. The number of ether oxygens (including phenoxy) is 1. The number of hydrogen-bond acceptors (Lipinski definition) is 4.